The van der Waals surface area contributed by atoms with Gasteiger partial charge >= 0.3 is 0 Å². The quantitative estimate of drug-likeness (QED) is 0.728. The monoisotopic (exact) mass is 285 g/mol. The summed E-state index contributed by atoms with van der Waals surface area (Å²) < 4.78 is 5.55. The number of benzene rings is 1. The molecule has 0 radical (unpaired) electrons. The van der Waals surface area contributed by atoms with Crippen LogP contribution in [0.15, 0.2) is 28.4 Å². The normalized spacial score (nSPS) is 24.2. The van der Waals surface area contributed by atoms with E-state index < -0.39 is 12.2 Å². The molecule has 16 heavy (non-hydrogen) atoms. The lowest BCUT2D eigenvalue weighted by Gasteiger charge is -2.28. The van der Waals surface area contributed by atoms with Crippen molar-refractivity contribution >= 4 is 15.9 Å². The molecule has 0 saturated heterocycles. The minimum atomic E-state index is -0.914. The summed E-state index contributed by atoms with van der Waals surface area (Å²) in [4.78, 5) is 0. The Kier molecular flexibility index (Phi) is 2.92. The Hall–Kier alpha value is -1.04. The second-order valence-corrected chi connectivity index (χ2v) is 4.43. The maximum absolute atomic E-state index is 10.1. The summed E-state index contributed by atoms with van der Waals surface area (Å²) in [6.07, 6.45) is -1.81. The smallest absolute Gasteiger partial charge is 0.125 e. The van der Waals surface area contributed by atoms with Crippen LogP contribution in [0, 0.1) is 0 Å². The van der Waals surface area contributed by atoms with Crippen LogP contribution < -0.4 is 10.5 Å². The molecule has 2 atom stereocenters. The summed E-state index contributed by atoms with van der Waals surface area (Å²) in [5.74, 6) is 0.536. The van der Waals surface area contributed by atoms with E-state index in [2.05, 4.69) is 15.9 Å². The van der Waals surface area contributed by atoms with Crippen molar-refractivity contribution in [2.75, 3.05) is 7.11 Å². The lowest BCUT2D eigenvalue weighted by atomic mass is 9.90. The number of hydrogen-bond acceptors (Lipinski definition) is 4. The van der Waals surface area contributed by atoms with Crippen LogP contribution in [-0.2, 0) is 0 Å². The molecule has 0 spiro atoms. The maximum atomic E-state index is 10.1. The zero-order valence-corrected chi connectivity index (χ0v) is 10.2. The second kappa shape index (κ2) is 4.08. The van der Waals surface area contributed by atoms with Crippen LogP contribution in [0.4, 0.5) is 0 Å². The van der Waals surface area contributed by atoms with Crippen molar-refractivity contribution in [3.8, 4) is 5.75 Å². The first-order valence-electron chi connectivity index (χ1n) is 4.76. The number of hydrogen-bond donors (Lipinski definition) is 3. The first-order chi connectivity index (χ1) is 7.57. The Labute approximate surface area is 101 Å². The molecule has 0 aromatic heterocycles. The predicted octanol–water partition coefficient (Wildman–Crippen LogP) is 1.34. The van der Waals surface area contributed by atoms with Gasteiger partial charge in [-0.1, -0.05) is 28.1 Å². The number of nitrogens with two attached hydrogens (primary N) is 1. The zero-order valence-electron chi connectivity index (χ0n) is 8.64. The van der Waals surface area contributed by atoms with E-state index in [1.54, 1.807) is 18.2 Å². The largest absolute Gasteiger partial charge is 0.496 e. The number of ether oxygens (including phenoxy) is 1. The highest BCUT2D eigenvalue weighted by Gasteiger charge is 2.32. The van der Waals surface area contributed by atoms with E-state index in [0.29, 0.717) is 21.4 Å². The van der Waals surface area contributed by atoms with Crippen molar-refractivity contribution in [3.05, 3.63) is 39.5 Å². The highest BCUT2D eigenvalue weighted by molar-refractivity contribution is 9.11. The molecular formula is C11H12BrNO3. The molecule has 0 saturated carbocycles. The van der Waals surface area contributed by atoms with Gasteiger partial charge in [-0.25, -0.2) is 0 Å². The maximum Gasteiger partial charge on any atom is 0.125 e. The lowest BCUT2D eigenvalue weighted by Crippen LogP contribution is -2.22. The van der Waals surface area contributed by atoms with Gasteiger partial charge in [0, 0.05) is 10.0 Å². The minimum Gasteiger partial charge on any atom is -0.496 e. The highest BCUT2D eigenvalue weighted by atomic mass is 79.9. The molecule has 86 valence electrons. The van der Waals surface area contributed by atoms with Crippen molar-refractivity contribution in [1.29, 1.82) is 0 Å². The van der Waals surface area contributed by atoms with Crippen LogP contribution in [0.2, 0.25) is 0 Å². The van der Waals surface area contributed by atoms with Gasteiger partial charge in [0.15, 0.2) is 0 Å². The molecule has 4 N–H and O–H groups in total. The van der Waals surface area contributed by atoms with Gasteiger partial charge in [-0.05, 0) is 11.6 Å². The van der Waals surface area contributed by atoms with E-state index in [1.165, 1.54) is 7.11 Å². The molecule has 1 aliphatic rings. The SMILES string of the molecule is COc1cccc2c1C(O)C(Br)=C(N)C2O. The van der Waals surface area contributed by atoms with E-state index >= 15 is 0 Å². The van der Waals surface area contributed by atoms with Gasteiger partial charge in [0.1, 0.15) is 18.0 Å². The molecule has 1 aromatic carbocycles. The fourth-order valence-electron chi connectivity index (χ4n) is 1.85. The van der Waals surface area contributed by atoms with Crippen molar-refractivity contribution in [2.24, 2.45) is 5.73 Å². The molecule has 0 amide bonds. The summed E-state index contributed by atoms with van der Waals surface area (Å²) in [6.45, 7) is 0. The molecule has 0 heterocycles. The van der Waals surface area contributed by atoms with Gasteiger partial charge in [-0.2, -0.15) is 0 Å². The van der Waals surface area contributed by atoms with E-state index in [9.17, 15) is 10.2 Å². The number of aliphatic hydroxyl groups is 2. The van der Waals surface area contributed by atoms with E-state index in [1.807, 2.05) is 0 Å². The second-order valence-electron chi connectivity index (χ2n) is 3.57. The van der Waals surface area contributed by atoms with Gasteiger partial charge in [0.2, 0.25) is 0 Å². The summed E-state index contributed by atoms with van der Waals surface area (Å²) in [7, 11) is 1.52. The van der Waals surface area contributed by atoms with Crippen LogP contribution in [-0.4, -0.2) is 17.3 Å². The Balaban J connectivity index is 2.66. The summed E-state index contributed by atoms with van der Waals surface area (Å²) in [5.41, 5.74) is 7.06. The van der Waals surface area contributed by atoms with E-state index in [4.69, 9.17) is 10.5 Å². The highest BCUT2D eigenvalue weighted by Crippen LogP contribution is 2.44. The van der Waals surface area contributed by atoms with Gasteiger partial charge in [-0.15, -0.1) is 0 Å². The van der Waals surface area contributed by atoms with Crippen molar-refractivity contribution in [3.63, 3.8) is 0 Å². The number of fused-ring (bicyclic) bond motifs is 1. The van der Waals surface area contributed by atoms with Crippen LogP contribution in [0.1, 0.15) is 23.3 Å². The van der Waals surface area contributed by atoms with Gasteiger partial charge in [-0.3, -0.25) is 0 Å². The fourth-order valence-corrected chi connectivity index (χ4v) is 2.30. The molecule has 2 rings (SSSR count). The Morgan fingerprint density at radius 2 is 2.00 bits per heavy atom. The first-order valence-corrected chi connectivity index (χ1v) is 5.55. The molecule has 5 heteroatoms. The predicted molar refractivity (Wildman–Crippen MR) is 63.1 cm³/mol. The number of methoxy groups -OCH3 is 1. The summed E-state index contributed by atoms with van der Waals surface area (Å²) in [6, 6.07) is 5.20. The van der Waals surface area contributed by atoms with Gasteiger partial charge < -0.3 is 20.7 Å². The van der Waals surface area contributed by atoms with Crippen molar-refractivity contribution in [2.45, 2.75) is 12.2 Å². The topological polar surface area (TPSA) is 75.7 Å². The number of aliphatic hydroxyl groups excluding tert-OH is 2. The molecular weight excluding hydrogens is 274 g/mol. The van der Waals surface area contributed by atoms with Crippen LogP contribution >= 0.6 is 15.9 Å². The first kappa shape index (κ1) is 11.4. The third-order valence-electron chi connectivity index (χ3n) is 2.70. The average Bonchev–Trinajstić information content (AvgIpc) is 2.32. The molecule has 0 aliphatic heterocycles. The fraction of sp³-hybridized carbons (Fsp3) is 0.273. The zero-order chi connectivity index (χ0) is 11.9. The van der Waals surface area contributed by atoms with E-state index in [0.717, 1.165) is 0 Å². The van der Waals surface area contributed by atoms with Crippen molar-refractivity contribution in [1.82, 2.24) is 0 Å². The van der Waals surface area contributed by atoms with Crippen LogP contribution in [0.3, 0.4) is 0 Å². The Morgan fingerprint density at radius 1 is 1.31 bits per heavy atom. The van der Waals surface area contributed by atoms with Crippen LogP contribution in [0.25, 0.3) is 0 Å². The van der Waals surface area contributed by atoms with Crippen LogP contribution in [0.5, 0.6) is 5.75 Å². The minimum absolute atomic E-state index is 0.230. The molecule has 0 bridgehead atoms. The average molecular weight is 286 g/mol. The molecule has 1 aromatic rings. The standard InChI is InChI=1S/C11H12BrNO3/c1-16-6-4-2-3-5-7(6)11(15)8(12)9(13)10(5)14/h2-4,10-11,14-15H,13H2,1H3. The third kappa shape index (κ3) is 1.52. The van der Waals surface area contributed by atoms with Crippen molar-refractivity contribution < 1.29 is 14.9 Å². The molecule has 2 unspecified atom stereocenters. The summed E-state index contributed by atoms with van der Waals surface area (Å²) in [5, 5.41) is 20.0. The van der Waals surface area contributed by atoms with E-state index in [-0.39, 0.29) is 5.70 Å². The lowest BCUT2D eigenvalue weighted by molar-refractivity contribution is 0.171. The molecule has 4 nitrogen and oxygen atoms in total. The van der Waals surface area contributed by atoms with Gasteiger partial charge in [0.05, 0.1) is 12.8 Å². The number of halogens is 1. The molecule has 0 fully saturated rings. The molecule has 1 aliphatic carbocycles. The third-order valence-corrected chi connectivity index (χ3v) is 3.59. The Bertz CT molecular complexity index is 459. The van der Waals surface area contributed by atoms with Gasteiger partial charge in [0.25, 0.3) is 0 Å². The number of rotatable bonds is 1. The summed E-state index contributed by atoms with van der Waals surface area (Å²) >= 11 is 3.18. The Morgan fingerprint density at radius 3 is 2.62 bits per heavy atom.